The molecule has 1 aromatic carbocycles. The van der Waals surface area contributed by atoms with Crippen molar-refractivity contribution in [2.24, 2.45) is 0 Å². The summed E-state index contributed by atoms with van der Waals surface area (Å²) in [7, 11) is 0. The number of nitriles is 2. The molecule has 4 heteroatoms. The Morgan fingerprint density at radius 3 is 2.65 bits per heavy atom. The van der Waals surface area contributed by atoms with Crippen LogP contribution in [-0.4, -0.2) is 17.0 Å². The van der Waals surface area contributed by atoms with Crippen molar-refractivity contribution in [2.75, 3.05) is 11.1 Å². The minimum atomic E-state index is 0.437. The normalized spacial score (nSPS) is 22.8. The molecule has 2 unspecified atom stereocenters. The predicted octanol–water partition coefficient (Wildman–Crippen LogP) is 2.74. The highest BCUT2D eigenvalue weighted by Gasteiger charge is 2.21. The maximum absolute atomic E-state index is 8.94. The summed E-state index contributed by atoms with van der Waals surface area (Å²) in [5.41, 5.74) is 1.81. The van der Waals surface area contributed by atoms with Gasteiger partial charge in [-0.15, -0.1) is 0 Å². The third-order valence-corrected chi connectivity index (χ3v) is 4.19. The Bertz CT molecular complexity index is 498. The van der Waals surface area contributed by atoms with Crippen molar-refractivity contribution >= 4 is 17.4 Å². The van der Waals surface area contributed by atoms with Gasteiger partial charge in [-0.25, -0.2) is 0 Å². The van der Waals surface area contributed by atoms with E-state index in [-0.39, 0.29) is 0 Å². The Morgan fingerprint density at radius 2 is 2.06 bits per heavy atom. The lowest BCUT2D eigenvalue weighted by molar-refractivity contribution is 0.747. The van der Waals surface area contributed by atoms with E-state index in [1.165, 1.54) is 0 Å². The van der Waals surface area contributed by atoms with Gasteiger partial charge in [0.05, 0.1) is 11.1 Å². The minimum absolute atomic E-state index is 0.437. The summed E-state index contributed by atoms with van der Waals surface area (Å²) in [6, 6.07) is 9.87. The van der Waals surface area contributed by atoms with Gasteiger partial charge in [0, 0.05) is 22.7 Å². The second-order valence-electron chi connectivity index (χ2n) is 4.20. The molecule has 1 fully saturated rings. The summed E-state index contributed by atoms with van der Waals surface area (Å²) in [4.78, 5) is 0. The SMILES string of the molecule is CC1CC(Nc2ccc(C#N)c(C#N)c2)CS1. The van der Waals surface area contributed by atoms with Gasteiger partial charge in [-0.05, 0) is 24.6 Å². The van der Waals surface area contributed by atoms with Gasteiger partial charge in [-0.2, -0.15) is 22.3 Å². The second kappa shape index (κ2) is 5.12. The molecule has 0 radical (unpaired) electrons. The van der Waals surface area contributed by atoms with Crippen LogP contribution in [0.15, 0.2) is 18.2 Å². The zero-order valence-corrected chi connectivity index (χ0v) is 10.4. The molecule has 2 rings (SSSR count). The van der Waals surface area contributed by atoms with Crippen molar-refractivity contribution in [1.82, 2.24) is 0 Å². The molecular formula is C13H13N3S. The molecule has 1 aliphatic heterocycles. The Hall–Kier alpha value is -1.65. The van der Waals surface area contributed by atoms with Gasteiger partial charge in [0.2, 0.25) is 0 Å². The topological polar surface area (TPSA) is 59.6 Å². The van der Waals surface area contributed by atoms with Gasteiger partial charge in [-0.1, -0.05) is 6.92 Å². The van der Waals surface area contributed by atoms with Gasteiger partial charge in [-0.3, -0.25) is 0 Å². The van der Waals surface area contributed by atoms with E-state index in [0.717, 1.165) is 17.9 Å². The molecule has 0 bridgehead atoms. The number of anilines is 1. The molecule has 3 nitrogen and oxygen atoms in total. The first-order valence-corrected chi connectivity index (χ1v) is 6.60. The van der Waals surface area contributed by atoms with Crippen LogP contribution in [0.1, 0.15) is 24.5 Å². The third kappa shape index (κ3) is 2.72. The number of hydrogen-bond acceptors (Lipinski definition) is 4. The molecule has 0 amide bonds. The Balaban J connectivity index is 2.13. The lowest BCUT2D eigenvalue weighted by atomic mass is 10.1. The molecule has 1 heterocycles. The van der Waals surface area contributed by atoms with Crippen molar-refractivity contribution in [3.63, 3.8) is 0 Å². The number of thioether (sulfide) groups is 1. The number of nitrogens with one attached hydrogen (secondary N) is 1. The smallest absolute Gasteiger partial charge is 0.101 e. The van der Waals surface area contributed by atoms with Crippen LogP contribution in [0.4, 0.5) is 5.69 Å². The second-order valence-corrected chi connectivity index (χ2v) is 5.68. The van der Waals surface area contributed by atoms with Gasteiger partial charge in [0.25, 0.3) is 0 Å². The van der Waals surface area contributed by atoms with E-state index in [1.54, 1.807) is 12.1 Å². The molecule has 0 saturated carbocycles. The van der Waals surface area contributed by atoms with Crippen LogP contribution in [-0.2, 0) is 0 Å². The molecule has 0 spiro atoms. The number of benzene rings is 1. The molecule has 2 atom stereocenters. The fourth-order valence-corrected chi connectivity index (χ4v) is 3.13. The number of nitrogens with zero attached hydrogens (tertiary/aromatic N) is 2. The van der Waals surface area contributed by atoms with E-state index in [1.807, 2.05) is 23.9 Å². The van der Waals surface area contributed by atoms with E-state index in [2.05, 4.69) is 18.3 Å². The molecule has 17 heavy (non-hydrogen) atoms. The van der Waals surface area contributed by atoms with Crippen LogP contribution in [0.3, 0.4) is 0 Å². The van der Waals surface area contributed by atoms with Crippen LogP contribution in [0, 0.1) is 22.7 Å². The average molecular weight is 243 g/mol. The monoisotopic (exact) mass is 243 g/mol. The zero-order valence-electron chi connectivity index (χ0n) is 9.60. The minimum Gasteiger partial charge on any atom is -0.381 e. The van der Waals surface area contributed by atoms with Crippen LogP contribution in [0.25, 0.3) is 0 Å². The summed E-state index contributed by atoms with van der Waals surface area (Å²) in [6.45, 7) is 2.23. The van der Waals surface area contributed by atoms with Gasteiger partial charge < -0.3 is 5.32 Å². The summed E-state index contributed by atoms with van der Waals surface area (Å²) in [5, 5.41) is 21.9. The summed E-state index contributed by atoms with van der Waals surface area (Å²) in [5.74, 6) is 1.10. The summed E-state index contributed by atoms with van der Waals surface area (Å²) >= 11 is 1.96. The lowest BCUT2D eigenvalue weighted by Crippen LogP contribution is -2.18. The standard InChI is InChI=1S/C13H13N3S/c1-9-4-13(8-17-9)16-12-3-2-10(6-14)11(5-12)7-15/h2-3,5,9,13,16H,4,8H2,1H3. The fraction of sp³-hybridized carbons (Fsp3) is 0.385. The van der Waals surface area contributed by atoms with E-state index in [9.17, 15) is 0 Å². The molecule has 0 aliphatic carbocycles. The first-order valence-electron chi connectivity index (χ1n) is 5.55. The zero-order chi connectivity index (χ0) is 12.3. The highest BCUT2D eigenvalue weighted by atomic mass is 32.2. The maximum Gasteiger partial charge on any atom is 0.101 e. The summed E-state index contributed by atoms with van der Waals surface area (Å²) < 4.78 is 0. The van der Waals surface area contributed by atoms with Gasteiger partial charge >= 0.3 is 0 Å². The van der Waals surface area contributed by atoms with Crippen molar-refractivity contribution in [1.29, 1.82) is 10.5 Å². The molecular weight excluding hydrogens is 230 g/mol. The first-order chi connectivity index (χ1) is 8.22. The van der Waals surface area contributed by atoms with Gasteiger partial charge in [0.15, 0.2) is 0 Å². The van der Waals surface area contributed by atoms with Crippen molar-refractivity contribution < 1.29 is 0 Å². The highest BCUT2D eigenvalue weighted by molar-refractivity contribution is 8.00. The van der Waals surface area contributed by atoms with Crippen LogP contribution in [0.5, 0.6) is 0 Å². The lowest BCUT2D eigenvalue weighted by Gasteiger charge is -2.13. The Kier molecular flexibility index (Phi) is 3.56. The number of hydrogen-bond donors (Lipinski definition) is 1. The Morgan fingerprint density at radius 1 is 1.29 bits per heavy atom. The molecule has 86 valence electrons. The fourth-order valence-electron chi connectivity index (χ4n) is 1.98. The summed E-state index contributed by atoms with van der Waals surface area (Å²) in [6.07, 6.45) is 1.15. The van der Waals surface area contributed by atoms with Crippen LogP contribution in [0.2, 0.25) is 0 Å². The van der Waals surface area contributed by atoms with E-state index >= 15 is 0 Å². The maximum atomic E-state index is 8.94. The van der Waals surface area contributed by atoms with Crippen LogP contribution < -0.4 is 5.32 Å². The largest absolute Gasteiger partial charge is 0.381 e. The Labute approximate surface area is 105 Å². The van der Waals surface area contributed by atoms with Crippen molar-refractivity contribution in [2.45, 2.75) is 24.6 Å². The highest BCUT2D eigenvalue weighted by Crippen LogP contribution is 2.28. The first kappa shape index (κ1) is 11.8. The molecule has 1 saturated heterocycles. The van der Waals surface area contributed by atoms with Crippen molar-refractivity contribution in [3.05, 3.63) is 29.3 Å². The third-order valence-electron chi connectivity index (χ3n) is 2.83. The molecule has 1 aliphatic rings. The van der Waals surface area contributed by atoms with Crippen molar-refractivity contribution in [3.8, 4) is 12.1 Å². The molecule has 1 aromatic rings. The van der Waals surface area contributed by atoms with Crippen LogP contribution >= 0.6 is 11.8 Å². The van der Waals surface area contributed by atoms with E-state index < -0.39 is 0 Å². The van der Waals surface area contributed by atoms with E-state index in [0.29, 0.717) is 22.4 Å². The van der Waals surface area contributed by atoms with Gasteiger partial charge in [0.1, 0.15) is 12.1 Å². The molecule has 0 aromatic heterocycles. The number of rotatable bonds is 2. The van der Waals surface area contributed by atoms with E-state index in [4.69, 9.17) is 10.5 Å². The predicted molar refractivity (Wildman–Crippen MR) is 69.8 cm³/mol. The molecule has 1 N–H and O–H groups in total. The average Bonchev–Trinajstić information content (AvgIpc) is 2.74. The quantitative estimate of drug-likeness (QED) is 0.867.